The van der Waals surface area contributed by atoms with E-state index in [1.54, 1.807) is 0 Å². The summed E-state index contributed by atoms with van der Waals surface area (Å²) < 4.78 is 0. The minimum Gasteiger partial charge on any atom is -0.319 e. The molecule has 6 rings (SSSR count). The van der Waals surface area contributed by atoms with Crippen molar-refractivity contribution in [2.45, 2.75) is 0 Å². The monoisotopic (exact) mass is 147 g/mol. The molecule has 0 aromatic heterocycles. The van der Waals surface area contributed by atoms with E-state index in [9.17, 15) is 0 Å². The van der Waals surface area contributed by atoms with Gasteiger partial charge in [0.2, 0.25) is 0 Å². The van der Waals surface area contributed by atoms with Crippen molar-refractivity contribution in [3.63, 3.8) is 0 Å². The summed E-state index contributed by atoms with van der Waals surface area (Å²) in [5.41, 5.74) is 0.906. The second-order valence-corrected chi connectivity index (χ2v) is 5.53. The molecule has 1 nitrogen and oxygen atoms in total. The van der Waals surface area contributed by atoms with E-state index in [4.69, 9.17) is 0 Å². The van der Waals surface area contributed by atoms with Gasteiger partial charge in [0.1, 0.15) is 0 Å². The molecule has 0 aromatic rings. The van der Waals surface area contributed by atoms with Gasteiger partial charge in [-0.3, -0.25) is 0 Å². The van der Waals surface area contributed by atoms with Crippen molar-refractivity contribution in [2.24, 2.45) is 46.8 Å². The molecule has 6 aliphatic rings. The van der Waals surface area contributed by atoms with E-state index in [1.165, 1.54) is 48.0 Å². The average Bonchev–Trinajstić information content (AvgIpc) is 2.06. The molecule has 11 heavy (non-hydrogen) atoms. The first-order valence-electron chi connectivity index (χ1n) is 5.07. The first kappa shape index (κ1) is 4.86. The minimum atomic E-state index is 0.906. The van der Waals surface area contributed by atoms with Crippen molar-refractivity contribution < 1.29 is 0 Å². The van der Waals surface area contributed by atoms with Crippen LogP contribution in [0.4, 0.5) is 0 Å². The van der Waals surface area contributed by atoms with Crippen LogP contribution in [0, 0.1) is 46.8 Å². The Morgan fingerprint density at radius 3 is 2.00 bits per heavy atom. The highest BCUT2D eigenvalue weighted by molar-refractivity contribution is 5.50. The lowest BCUT2D eigenvalue weighted by Crippen LogP contribution is -3.06. The maximum Gasteiger partial charge on any atom is 0.00134 e. The zero-order chi connectivity index (χ0) is 6.96. The second-order valence-electron chi connectivity index (χ2n) is 5.53. The largest absolute Gasteiger partial charge is 0.319 e. The summed E-state index contributed by atoms with van der Waals surface area (Å²) in [6.07, 6.45) is 0. The van der Waals surface area contributed by atoms with Gasteiger partial charge in [0, 0.05) is 6.54 Å². The summed E-state index contributed by atoms with van der Waals surface area (Å²) in [5.74, 6) is 8.80. The Morgan fingerprint density at radius 1 is 1.00 bits per heavy atom. The van der Waals surface area contributed by atoms with Gasteiger partial charge in [-0.15, -0.1) is 0 Å². The highest BCUT2D eigenvalue weighted by Gasteiger charge is 3.03. The van der Waals surface area contributed by atoms with E-state index in [1.807, 2.05) is 0 Å². The fourth-order valence-electron chi connectivity index (χ4n) is 6.33. The summed E-state index contributed by atoms with van der Waals surface area (Å²) in [6, 6.07) is 0. The molecule has 1 heteroatoms. The molecular weight excluding hydrogens is 134 g/mol. The van der Waals surface area contributed by atoms with Crippen molar-refractivity contribution in [3.05, 3.63) is 0 Å². The summed E-state index contributed by atoms with van der Waals surface area (Å²) in [5, 5.41) is 3.41. The quantitative estimate of drug-likeness (QED) is 0.602. The number of hydrogen-bond acceptors (Lipinski definition) is 1. The Balaban J connectivity index is 1.64. The smallest absolute Gasteiger partial charge is 0.00134 e. The molecular formula is C10H13N. The standard InChI is InChI=1S/C10H13N/c1-11-2-10-7-4-3-5(7)9(10)6(3)8(4)10/h3-9,11H,2H2,1H3. The lowest BCUT2D eigenvalue weighted by atomic mass is 8.96. The summed E-state index contributed by atoms with van der Waals surface area (Å²) in [6.45, 7) is 1.35. The van der Waals surface area contributed by atoms with E-state index < -0.39 is 0 Å². The van der Waals surface area contributed by atoms with Gasteiger partial charge >= 0.3 is 0 Å². The molecule has 6 fully saturated rings. The molecule has 0 aromatic carbocycles. The Bertz CT molecular complexity index is 232. The molecule has 0 saturated heterocycles. The second kappa shape index (κ2) is 0.953. The van der Waals surface area contributed by atoms with Gasteiger partial charge in [-0.25, -0.2) is 0 Å². The van der Waals surface area contributed by atoms with Gasteiger partial charge < -0.3 is 5.32 Å². The molecule has 6 saturated carbocycles. The van der Waals surface area contributed by atoms with Crippen LogP contribution < -0.4 is 5.32 Å². The van der Waals surface area contributed by atoms with Crippen LogP contribution >= 0.6 is 0 Å². The molecule has 0 radical (unpaired) electrons. The Hall–Kier alpha value is -0.0400. The molecule has 0 heterocycles. The Kier molecular flexibility index (Phi) is 0.421. The number of rotatable bonds is 2. The third-order valence-corrected chi connectivity index (χ3v) is 6.17. The summed E-state index contributed by atoms with van der Waals surface area (Å²) in [7, 11) is 2.13. The molecule has 6 aliphatic carbocycles. The van der Waals surface area contributed by atoms with Crippen molar-refractivity contribution in [1.82, 2.24) is 5.32 Å². The lowest BCUT2D eigenvalue weighted by molar-refractivity contribution is -0.612. The van der Waals surface area contributed by atoms with Gasteiger partial charge in [-0.1, -0.05) is 0 Å². The van der Waals surface area contributed by atoms with Crippen LogP contribution in [0.1, 0.15) is 0 Å². The highest BCUT2D eigenvalue weighted by Crippen LogP contribution is 3.05. The maximum absolute atomic E-state index is 3.41. The molecule has 0 atom stereocenters. The molecule has 0 bridgehead atoms. The third kappa shape index (κ3) is 0.188. The van der Waals surface area contributed by atoms with Gasteiger partial charge in [0.05, 0.1) is 0 Å². The fourth-order valence-corrected chi connectivity index (χ4v) is 6.33. The first-order valence-corrected chi connectivity index (χ1v) is 5.07. The molecule has 1 N–H and O–H groups in total. The molecule has 58 valence electrons. The van der Waals surface area contributed by atoms with Crippen molar-refractivity contribution in [3.8, 4) is 0 Å². The predicted molar refractivity (Wildman–Crippen MR) is 40.8 cm³/mol. The fraction of sp³-hybridized carbons (Fsp3) is 1.00. The first-order chi connectivity index (χ1) is 5.43. The van der Waals surface area contributed by atoms with Gasteiger partial charge in [-0.2, -0.15) is 0 Å². The maximum atomic E-state index is 3.41. The summed E-state index contributed by atoms with van der Waals surface area (Å²) in [4.78, 5) is 0. The van der Waals surface area contributed by atoms with E-state index in [0.29, 0.717) is 0 Å². The van der Waals surface area contributed by atoms with Crippen LogP contribution in [-0.4, -0.2) is 13.6 Å². The molecule has 0 unspecified atom stereocenters. The highest BCUT2D eigenvalue weighted by atomic mass is 15.1. The Morgan fingerprint density at radius 2 is 1.55 bits per heavy atom. The van der Waals surface area contributed by atoms with Gasteiger partial charge in [-0.05, 0) is 53.9 Å². The van der Waals surface area contributed by atoms with Crippen molar-refractivity contribution in [1.29, 1.82) is 0 Å². The molecule has 0 aliphatic heterocycles. The zero-order valence-corrected chi connectivity index (χ0v) is 6.75. The molecule has 0 amide bonds. The van der Waals surface area contributed by atoms with Gasteiger partial charge in [0.15, 0.2) is 0 Å². The van der Waals surface area contributed by atoms with Crippen LogP contribution in [0.25, 0.3) is 0 Å². The molecule has 0 spiro atoms. The topological polar surface area (TPSA) is 12.0 Å². The number of nitrogens with one attached hydrogen (secondary N) is 1. The van der Waals surface area contributed by atoms with E-state index in [-0.39, 0.29) is 0 Å². The van der Waals surface area contributed by atoms with Gasteiger partial charge in [0.25, 0.3) is 0 Å². The third-order valence-electron chi connectivity index (χ3n) is 6.17. The van der Waals surface area contributed by atoms with E-state index >= 15 is 0 Å². The summed E-state index contributed by atoms with van der Waals surface area (Å²) >= 11 is 0. The normalized spacial score (nSPS) is 88.6. The van der Waals surface area contributed by atoms with E-state index in [0.717, 1.165) is 5.41 Å². The van der Waals surface area contributed by atoms with Crippen molar-refractivity contribution >= 4 is 0 Å². The zero-order valence-electron chi connectivity index (χ0n) is 6.75. The average molecular weight is 147 g/mol. The van der Waals surface area contributed by atoms with E-state index in [2.05, 4.69) is 12.4 Å². The van der Waals surface area contributed by atoms with Crippen LogP contribution in [0.5, 0.6) is 0 Å². The predicted octanol–water partition coefficient (Wildman–Crippen LogP) is 0.574. The van der Waals surface area contributed by atoms with Crippen LogP contribution in [0.15, 0.2) is 0 Å². The minimum absolute atomic E-state index is 0.906. The SMILES string of the molecule is CNCC12C3C4C5C3C1C5C42. The van der Waals surface area contributed by atoms with Crippen LogP contribution in [0.3, 0.4) is 0 Å². The lowest BCUT2D eigenvalue weighted by Gasteiger charge is -3.08. The Labute approximate surface area is 66.5 Å². The van der Waals surface area contributed by atoms with Crippen molar-refractivity contribution in [2.75, 3.05) is 13.6 Å². The number of hydrogen-bond donors (Lipinski definition) is 1. The van der Waals surface area contributed by atoms with Crippen LogP contribution in [0.2, 0.25) is 0 Å². The van der Waals surface area contributed by atoms with Crippen LogP contribution in [-0.2, 0) is 0 Å².